The fraction of sp³-hybridized carbons (Fsp3) is 0.500. The number of piperidine rings is 1. The first-order chi connectivity index (χ1) is 15.2. The smallest absolute Gasteiger partial charge is 0.296 e. The largest absolute Gasteiger partial charge is 0.456 e. The van der Waals surface area contributed by atoms with Gasteiger partial charge in [0.05, 0.1) is 28.9 Å². The topological polar surface area (TPSA) is 85.4 Å². The predicted molar refractivity (Wildman–Crippen MR) is 117 cm³/mol. The highest BCUT2D eigenvalue weighted by atomic mass is 35.5. The molecule has 3 aromatic rings. The van der Waals surface area contributed by atoms with Gasteiger partial charge in [0.1, 0.15) is 11.9 Å². The van der Waals surface area contributed by atoms with E-state index < -0.39 is 0 Å². The van der Waals surface area contributed by atoms with Gasteiger partial charge in [-0.25, -0.2) is 9.97 Å². The number of nitrogens with one attached hydrogen (secondary N) is 1. The van der Waals surface area contributed by atoms with E-state index >= 15 is 0 Å². The first-order valence-electron chi connectivity index (χ1n) is 10.9. The van der Waals surface area contributed by atoms with Crippen molar-refractivity contribution >= 4 is 28.6 Å². The molecule has 3 atom stereocenters. The Morgan fingerprint density at radius 1 is 1.13 bits per heavy atom. The highest BCUT2D eigenvalue weighted by Gasteiger charge is 2.43. The van der Waals surface area contributed by atoms with Crippen LogP contribution in [0.2, 0.25) is 5.02 Å². The number of hydrogen-bond acceptors (Lipinski definition) is 7. The van der Waals surface area contributed by atoms with Crippen LogP contribution in [0, 0.1) is 0 Å². The molecule has 9 heteroatoms. The molecule has 0 radical (unpaired) electrons. The van der Waals surface area contributed by atoms with Crippen molar-refractivity contribution in [2.24, 2.45) is 0 Å². The van der Waals surface area contributed by atoms with Crippen LogP contribution in [-0.2, 0) is 9.47 Å². The molecule has 3 saturated heterocycles. The molecule has 3 fully saturated rings. The van der Waals surface area contributed by atoms with E-state index in [2.05, 4.69) is 24.8 Å². The number of anilines is 1. The zero-order chi connectivity index (χ0) is 20.8. The maximum atomic E-state index is 6.55. The Bertz CT molecular complexity index is 1080. The fourth-order valence-electron chi connectivity index (χ4n) is 4.66. The molecule has 6 heterocycles. The third kappa shape index (κ3) is 3.62. The fourth-order valence-corrected chi connectivity index (χ4v) is 4.93. The molecule has 31 heavy (non-hydrogen) atoms. The van der Waals surface area contributed by atoms with E-state index in [4.69, 9.17) is 25.8 Å². The van der Waals surface area contributed by atoms with Crippen LogP contribution in [-0.4, -0.2) is 64.6 Å². The van der Waals surface area contributed by atoms with Crippen molar-refractivity contribution in [1.82, 2.24) is 19.9 Å². The third-order valence-electron chi connectivity index (χ3n) is 6.29. The van der Waals surface area contributed by atoms with E-state index in [1.165, 1.54) is 19.3 Å². The Morgan fingerprint density at radius 3 is 2.87 bits per heavy atom. The van der Waals surface area contributed by atoms with Crippen LogP contribution in [0.15, 0.2) is 24.4 Å². The summed E-state index contributed by atoms with van der Waals surface area (Å²) in [6, 6.07) is 6.30. The average Bonchev–Trinajstić information content (AvgIpc) is 3.51. The monoisotopic (exact) mass is 441 g/mol. The molecule has 2 unspecified atom stereocenters. The molecule has 3 aliphatic rings. The van der Waals surface area contributed by atoms with Gasteiger partial charge in [0.15, 0.2) is 11.8 Å². The molecule has 0 amide bonds. The van der Waals surface area contributed by atoms with Gasteiger partial charge in [-0.3, -0.25) is 0 Å². The lowest BCUT2D eigenvalue weighted by Gasteiger charge is -2.27. The van der Waals surface area contributed by atoms with Crippen molar-refractivity contribution < 1.29 is 14.2 Å². The number of fused-ring (bicyclic) bond motifs is 2. The van der Waals surface area contributed by atoms with Gasteiger partial charge in [0, 0.05) is 31.5 Å². The van der Waals surface area contributed by atoms with Crippen LogP contribution < -0.4 is 9.64 Å². The van der Waals surface area contributed by atoms with Crippen molar-refractivity contribution in [3.05, 3.63) is 29.4 Å². The molecule has 0 aromatic carbocycles. The van der Waals surface area contributed by atoms with E-state index in [0.717, 1.165) is 36.4 Å². The highest BCUT2D eigenvalue weighted by molar-refractivity contribution is 6.33. The van der Waals surface area contributed by atoms with Crippen molar-refractivity contribution in [1.29, 1.82) is 0 Å². The van der Waals surface area contributed by atoms with Crippen LogP contribution in [0.4, 0.5) is 5.82 Å². The summed E-state index contributed by atoms with van der Waals surface area (Å²) in [5.74, 6) is 1.00. The van der Waals surface area contributed by atoms with Gasteiger partial charge >= 0.3 is 0 Å². The lowest BCUT2D eigenvalue weighted by molar-refractivity contribution is 0.0273. The Hall–Kier alpha value is -2.42. The quantitative estimate of drug-likeness (QED) is 0.662. The summed E-state index contributed by atoms with van der Waals surface area (Å²) in [5, 5.41) is 0.540. The van der Waals surface area contributed by atoms with Gasteiger partial charge in [0.25, 0.3) is 6.01 Å². The molecule has 0 aliphatic carbocycles. The average molecular weight is 442 g/mol. The summed E-state index contributed by atoms with van der Waals surface area (Å²) in [7, 11) is 0. The lowest BCUT2D eigenvalue weighted by atomic mass is 10.1. The molecular formula is C22H24ClN5O3. The van der Waals surface area contributed by atoms with E-state index in [-0.39, 0.29) is 18.3 Å². The van der Waals surface area contributed by atoms with Gasteiger partial charge < -0.3 is 24.1 Å². The Labute approximate surface area is 184 Å². The first kappa shape index (κ1) is 19.3. The summed E-state index contributed by atoms with van der Waals surface area (Å²) in [4.78, 5) is 19.3. The summed E-state index contributed by atoms with van der Waals surface area (Å²) in [6.07, 6.45) is 6.39. The second kappa shape index (κ2) is 7.93. The molecule has 3 aromatic heterocycles. The van der Waals surface area contributed by atoms with E-state index in [9.17, 15) is 0 Å². The molecule has 0 bridgehead atoms. The van der Waals surface area contributed by atoms with Gasteiger partial charge in [-0.15, -0.1) is 0 Å². The molecule has 6 rings (SSSR count). The van der Waals surface area contributed by atoms with Crippen molar-refractivity contribution in [3.63, 3.8) is 0 Å². The summed E-state index contributed by atoms with van der Waals surface area (Å²) >= 11 is 6.55. The predicted octanol–water partition coefficient (Wildman–Crippen LogP) is 3.60. The van der Waals surface area contributed by atoms with Gasteiger partial charge in [0.2, 0.25) is 0 Å². The van der Waals surface area contributed by atoms with E-state index in [0.29, 0.717) is 35.6 Å². The van der Waals surface area contributed by atoms with Crippen LogP contribution in [0.3, 0.4) is 0 Å². The third-order valence-corrected chi connectivity index (χ3v) is 6.58. The van der Waals surface area contributed by atoms with Crippen LogP contribution in [0.5, 0.6) is 6.01 Å². The SMILES string of the molecule is Clc1cc2[nH]c(OC3COC4CCO[C@@H]43)nc2nc1-c1ccc(N2CCCCC2)nc1. The van der Waals surface area contributed by atoms with Crippen molar-refractivity contribution in [2.45, 2.75) is 44.0 Å². The molecule has 8 nitrogen and oxygen atoms in total. The molecular weight excluding hydrogens is 418 g/mol. The Balaban J connectivity index is 1.24. The maximum Gasteiger partial charge on any atom is 0.296 e. The van der Waals surface area contributed by atoms with Crippen molar-refractivity contribution in [3.8, 4) is 17.3 Å². The standard InChI is InChI=1S/C22H24ClN5O3/c23-14-10-15-21(27-22(25-15)31-17-12-30-16-6-9-29-20(16)17)26-19(14)13-4-5-18(24-11-13)28-7-2-1-3-8-28/h4-5,10-11,16-17,20H,1-3,6-9,12H2,(H,25,26,27)/t16?,17?,20-/m0/s1. The molecule has 3 aliphatic heterocycles. The zero-order valence-corrected chi connectivity index (χ0v) is 17.8. The number of pyridine rings is 2. The van der Waals surface area contributed by atoms with Crippen LogP contribution in [0.1, 0.15) is 25.7 Å². The number of ether oxygens (including phenoxy) is 3. The van der Waals surface area contributed by atoms with Gasteiger partial charge in [-0.2, -0.15) is 4.98 Å². The normalized spacial score (nSPS) is 25.8. The second-order valence-corrected chi connectivity index (χ2v) is 8.74. The summed E-state index contributed by atoms with van der Waals surface area (Å²) in [6.45, 7) is 3.33. The number of nitrogens with zero attached hydrogens (tertiary/aromatic N) is 4. The van der Waals surface area contributed by atoms with E-state index in [1.807, 2.05) is 24.4 Å². The Kier molecular flexibility index (Phi) is 4.93. The van der Waals surface area contributed by atoms with Crippen molar-refractivity contribution in [2.75, 3.05) is 31.2 Å². The number of hydrogen-bond donors (Lipinski definition) is 1. The Morgan fingerprint density at radius 2 is 2.03 bits per heavy atom. The number of imidazole rings is 1. The van der Waals surface area contributed by atoms with Gasteiger partial charge in [-0.05, 0) is 43.9 Å². The number of halogens is 1. The molecule has 1 N–H and O–H groups in total. The number of H-pyrrole nitrogens is 1. The number of aromatic amines is 1. The first-order valence-corrected chi connectivity index (χ1v) is 11.3. The summed E-state index contributed by atoms with van der Waals surface area (Å²) in [5.41, 5.74) is 2.81. The molecule has 0 spiro atoms. The van der Waals surface area contributed by atoms with Gasteiger partial charge in [-0.1, -0.05) is 11.6 Å². The minimum Gasteiger partial charge on any atom is -0.456 e. The highest BCUT2D eigenvalue weighted by Crippen LogP contribution is 2.32. The number of aromatic nitrogens is 4. The molecule has 0 saturated carbocycles. The van der Waals surface area contributed by atoms with Crippen LogP contribution >= 0.6 is 11.6 Å². The lowest BCUT2D eigenvalue weighted by Crippen LogP contribution is -2.32. The molecule has 162 valence electrons. The van der Waals surface area contributed by atoms with E-state index in [1.54, 1.807) is 0 Å². The minimum atomic E-state index is -0.172. The minimum absolute atomic E-state index is 0.0372. The maximum absolute atomic E-state index is 6.55. The number of rotatable bonds is 4. The summed E-state index contributed by atoms with van der Waals surface area (Å²) < 4.78 is 17.5. The second-order valence-electron chi connectivity index (χ2n) is 8.34. The van der Waals surface area contributed by atoms with Crippen LogP contribution in [0.25, 0.3) is 22.4 Å². The zero-order valence-electron chi connectivity index (χ0n) is 17.1.